The van der Waals surface area contributed by atoms with E-state index in [9.17, 15) is 5.11 Å². The maximum absolute atomic E-state index is 9.39. The van der Waals surface area contributed by atoms with Crippen LogP contribution in [0.4, 0.5) is 0 Å². The van der Waals surface area contributed by atoms with E-state index in [1.165, 1.54) is 0 Å². The van der Waals surface area contributed by atoms with Crippen molar-refractivity contribution in [2.75, 3.05) is 6.61 Å². The maximum atomic E-state index is 9.39. The Kier molecular flexibility index (Phi) is 4.23. The van der Waals surface area contributed by atoms with Gasteiger partial charge in [-0.2, -0.15) is 0 Å². The van der Waals surface area contributed by atoms with Crippen LogP contribution in [0.25, 0.3) is 0 Å². The molecule has 0 spiro atoms. The van der Waals surface area contributed by atoms with E-state index in [0.717, 1.165) is 23.7 Å². The first-order chi connectivity index (χ1) is 8.74. The second kappa shape index (κ2) is 5.89. The van der Waals surface area contributed by atoms with Crippen LogP contribution in [-0.4, -0.2) is 11.7 Å². The highest BCUT2D eigenvalue weighted by molar-refractivity contribution is 5.12. The molecule has 4 nitrogen and oxygen atoms in total. The van der Waals surface area contributed by atoms with E-state index < -0.39 is 0 Å². The molecule has 0 aromatic carbocycles. The van der Waals surface area contributed by atoms with E-state index in [1.54, 1.807) is 6.26 Å². The first-order valence-electron chi connectivity index (χ1n) is 6.23. The average Bonchev–Trinajstić information content (AvgIpc) is 3.05. The topological polar surface area (TPSA) is 58.5 Å². The van der Waals surface area contributed by atoms with Crippen LogP contribution in [0.2, 0.25) is 0 Å². The van der Waals surface area contributed by atoms with Gasteiger partial charge in [-0.05, 0) is 31.2 Å². The van der Waals surface area contributed by atoms with Crippen LogP contribution in [0.15, 0.2) is 39.4 Å². The molecule has 2 unspecified atom stereocenters. The predicted molar refractivity (Wildman–Crippen MR) is 68.2 cm³/mol. The van der Waals surface area contributed by atoms with Gasteiger partial charge in [0.25, 0.3) is 0 Å². The Balaban J connectivity index is 2.03. The number of aliphatic hydroxyl groups excluding tert-OH is 1. The fourth-order valence-electron chi connectivity index (χ4n) is 1.92. The lowest BCUT2D eigenvalue weighted by Gasteiger charge is -2.18. The minimum Gasteiger partial charge on any atom is -0.468 e. The third-order valence-corrected chi connectivity index (χ3v) is 2.98. The first-order valence-corrected chi connectivity index (χ1v) is 6.23. The van der Waals surface area contributed by atoms with Gasteiger partial charge in [0.15, 0.2) is 0 Å². The number of aliphatic hydroxyl groups is 1. The molecule has 0 bridgehead atoms. The summed E-state index contributed by atoms with van der Waals surface area (Å²) in [6, 6.07) is 7.41. The molecule has 0 radical (unpaired) electrons. The molecular weight excluding hydrogens is 230 g/mol. The zero-order valence-electron chi connectivity index (χ0n) is 10.7. The van der Waals surface area contributed by atoms with Crippen molar-refractivity contribution >= 4 is 0 Å². The molecule has 0 fully saturated rings. The molecule has 2 atom stereocenters. The highest BCUT2D eigenvalue weighted by Crippen LogP contribution is 2.21. The smallest absolute Gasteiger partial charge is 0.123 e. The van der Waals surface area contributed by atoms with Gasteiger partial charge in [0.2, 0.25) is 0 Å². The lowest BCUT2D eigenvalue weighted by molar-refractivity contribution is 0.212. The number of furan rings is 2. The van der Waals surface area contributed by atoms with E-state index in [2.05, 4.69) is 12.2 Å². The van der Waals surface area contributed by atoms with Gasteiger partial charge in [0.1, 0.15) is 17.3 Å². The minimum absolute atomic E-state index is 0.0147. The van der Waals surface area contributed by atoms with Gasteiger partial charge >= 0.3 is 0 Å². The van der Waals surface area contributed by atoms with Crippen molar-refractivity contribution in [1.29, 1.82) is 0 Å². The Morgan fingerprint density at radius 2 is 2.11 bits per heavy atom. The van der Waals surface area contributed by atoms with E-state index >= 15 is 0 Å². The first kappa shape index (κ1) is 12.9. The van der Waals surface area contributed by atoms with Crippen molar-refractivity contribution in [3.05, 3.63) is 47.8 Å². The van der Waals surface area contributed by atoms with Crippen LogP contribution >= 0.6 is 0 Å². The van der Waals surface area contributed by atoms with Crippen molar-refractivity contribution in [2.24, 2.45) is 0 Å². The van der Waals surface area contributed by atoms with Crippen LogP contribution in [0.1, 0.15) is 43.2 Å². The Labute approximate surface area is 107 Å². The monoisotopic (exact) mass is 249 g/mol. The minimum atomic E-state index is -0.217. The molecule has 2 rings (SSSR count). The molecule has 2 N–H and O–H groups in total. The van der Waals surface area contributed by atoms with E-state index in [0.29, 0.717) is 0 Å². The second-order valence-corrected chi connectivity index (χ2v) is 4.30. The molecule has 98 valence electrons. The summed E-state index contributed by atoms with van der Waals surface area (Å²) in [7, 11) is 0. The Hall–Kier alpha value is -1.52. The van der Waals surface area contributed by atoms with Gasteiger partial charge in [0, 0.05) is 6.42 Å². The van der Waals surface area contributed by atoms with Gasteiger partial charge in [-0.25, -0.2) is 0 Å². The molecule has 2 aromatic heterocycles. The molecule has 0 amide bonds. The van der Waals surface area contributed by atoms with Crippen LogP contribution in [0, 0.1) is 0 Å². The third-order valence-electron chi connectivity index (χ3n) is 2.98. The standard InChI is InChI=1S/C14H19NO3/c1-3-11-6-7-13(18-11)10(2)15-12(9-16)14-5-4-8-17-14/h4-8,10,12,15-16H,3,9H2,1-2H3. The summed E-state index contributed by atoms with van der Waals surface area (Å²) in [5, 5.41) is 12.7. The predicted octanol–water partition coefficient (Wildman–Crippen LogP) is 2.82. The molecule has 4 heteroatoms. The fraction of sp³-hybridized carbons (Fsp3) is 0.429. The number of aryl methyl sites for hydroxylation is 1. The Morgan fingerprint density at radius 3 is 2.67 bits per heavy atom. The molecule has 0 aliphatic carbocycles. The van der Waals surface area contributed by atoms with Crippen LogP contribution in [0.3, 0.4) is 0 Å². The average molecular weight is 249 g/mol. The molecule has 0 aliphatic rings. The lowest BCUT2D eigenvalue weighted by atomic mass is 10.2. The number of hydrogen-bond donors (Lipinski definition) is 2. The molecule has 2 heterocycles. The summed E-state index contributed by atoms with van der Waals surface area (Å²) in [5.41, 5.74) is 0. The van der Waals surface area contributed by atoms with Gasteiger partial charge in [-0.15, -0.1) is 0 Å². The highest BCUT2D eigenvalue weighted by Gasteiger charge is 2.18. The highest BCUT2D eigenvalue weighted by atomic mass is 16.3. The number of rotatable bonds is 6. The number of nitrogens with one attached hydrogen (secondary N) is 1. The largest absolute Gasteiger partial charge is 0.468 e. The summed E-state index contributed by atoms with van der Waals surface area (Å²) in [5.74, 6) is 2.57. The van der Waals surface area contributed by atoms with E-state index in [4.69, 9.17) is 8.83 Å². The molecule has 18 heavy (non-hydrogen) atoms. The summed E-state index contributed by atoms with van der Waals surface area (Å²) in [6.07, 6.45) is 2.49. The van der Waals surface area contributed by atoms with Gasteiger partial charge in [0.05, 0.1) is 25.0 Å². The van der Waals surface area contributed by atoms with Crippen LogP contribution < -0.4 is 5.32 Å². The summed E-state index contributed by atoms with van der Waals surface area (Å²) in [6.45, 7) is 4.04. The summed E-state index contributed by atoms with van der Waals surface area (Å²) in [4.78, 5) is 0. The quantitative estimate of drug-likeness (QED) is 0.826. The summed E-state index contributed by atoms with van der Waals surface area (Å²) >= 11 is 0. The van der Waals surface area contributed by atoms with Crippen molar-refractivity contribution in [2.45, 2.75) is 32.4 Å². The maximum Gasteiger partial charge on any atom is 0.123 e. The zero-order valence-corrected chi connectivity index (χ0v) is 10.7. The Bertz CT molecular complexity index is 461. The van der Waals surface area contributed by atoms with Gasteiger partial charge in [-0.3, -0.25) is 5.32 Å². The van der Waals surface area contributed by atoms with Crippen molar-refractivity contribution in [3.63, 3.8) is 0 Å². The molecular formula is C14H19NO3. The lowest BCUT2D eigenvalue weighted by Crippen LogP contribution is -2.26. The molecule has 2 aromatic rings. The normalized spacial score (nSPS) is 14.6. The fourth-order valence-corrected chi connectivity index (χ4v) is 1.92. The van der Waals surface area contributed by atoms with Crippen LogP contribution in [-0.2, 0) is 6.42 Å². The zero-order chi connectivity index (χ0) is 13.0. The third kappa shape index (κ3) is 2.83. The Morgan fingerprint density at radius 1 is 1.28 bits per heavy atom. The van der Waals surface area contributed by atoms with E-state index in [1.807, 2.05) is 31.2 Å². The van der Waals surface area contributed by atoms with Crippen molar-refractivity contribution < 1.29 is 13.9 Å². The van der Waals surface area contributed by atoms with Gasteiger partial charge in [-0.1, -0.05) is 6.92 Å². The van der Waals surface area contributed by atoms with E-state index in [-0.39, 0.29) is 18.7 Å². The number of hydrogen-bond acceptors (Lipinski definition) is 4. The van der Waals surface area contributed by atoms with Gasteiger partial charge < -0.3 is 13.9 Å². The second-order valence-electron chi connectivity index (χ2n) is 4.30. The van der Waals surface area contributed by atoms with Crippen molar-refractivity contribution in [3.8, 4) is 0 Å². The van der Waals surface area contributed by atoms with Crippen LogP contribution in [0.5, 0.6) is 0 Å². The summed E-state index contributed by atoms with van der Waals surface area (Å²) < 4.78 is 11.0. The molecule has 0 aliphatic heterocycles. The van der Waals surface area contributed by atoms with Crippen molar-refractivity contribution in [1.82, 2.24) is 5.32 Å². The molecule has 0 saturated carbocycles. The SMILES string of the molecule is CCc1ccc(C(C)NC(CO)c2ccco2)o1. The molecule has 0 saturated heterocycles.